The van der Waals surface area contributed by atoms with Crippen molar-refractivity contribution in [3.05, 3.63) is 59.2 Å². The maximum Gasteiger partial charge on any atom is 0.408 e. The minimum absolute atomic E-state index is 0.00683. The molecule has 0 aromatic heterocycles. The first kappa shape index (κ1) is 29.5. The number of hydrogen-bond acceptors (Lipinski definition) is 6. The molecule has 0 bridgehead atoms. The van der Waals surface area contributed by atoms with Gasteiger partial charge in [-0.05, 0) is 82.7 Å². The first-order valence-electron chi connectivity index (χ1n) is 13.0. The van der Waals surface area contributed by atoms with Crippen LogP contribution in [0.25, 0.3) is 0 Å². The molecule has 2 atom stereocenters. The SMILES string of the molecule is Cc1cccc(C)c1NC(=O)C(c1ccc(O)cc1)N(C(=O)C(CC(N)=O)NC(=O)OC(C)(C)C)C1CCC1. The number of para-hydroxylation sites is 1. The Kier molecular flexibility index (Phi) is 9.21. The first-order chi connectivity index (χ1) is 18.3. The summed E-state index contributed by atoms with van der Waals surface area (Å²) in [7, 11) is 0. The van der Waals surface area contributed by atoms with E-state index in [1.54, 1.807) is 32.9 Å². The maximum atomic E-state index is 14.1. The molecule has 1 aliphatic rings. The normalized spacial score (nSPS) is 14.9. The van der Waals surface area contributed by atoms with Gasteiger partial charge in [-0.1, -0.05) is 30.3 Å². The number of alkyl carbamates (subject to hydrolysis) is 1. The molecule has 2 aromatic rings. The summed E-state index contributed by atoms with van der Waals surface area (Å²) in [5.41, 5.74) is 7.42. The highest BCUT2D eigenvalue weighted by atomic mass is 16.6. The van der Waals surface area contributed by atoms with Crippen molar-refractivity contribution in [2.45, 2.75) is 84.0 Å². The van der Waals surface area contributed by atoms with Gasteiger partial charge in [-0.2, -0.15) is 0 Å². The van der Waals surface area contributed by atoms with Crippen LogP contribution < -0.4 is 16.4 Å². The van der Waals surface area contributed by atoms with E-state index in [1.165, 1.54) is 17.0 Å². The van der Waals surface area contributed by atoms with E-state index in [4.69, 9.17) is 10.5 Å². The van der Waals surface area contributed by atoms with Crippen LogP contribution in [0.3, 0.4) is 0 Å². The molecule has 210 valence electrons. The molecule has 1 fully saturated rings. The van der Waals surface area contributed by atoms with Crippen molar-refractivity contribution in [1.82, 2.24) is 10.2 Å². The summed E-state index contributed by atoms with van der Waals surface area (Å²) in [5.74, 6) is -1.88. The number of phenolic OH excluding ortho intramolecular Hbond substituents is 1. The van der Waals surface area contributed by atoms with Crippen molar-refractivity contribution in [2.24, 2.45) is 5.73 Å². The van der Waals surface area contributed by atoms with E-state index in [1.807, 2.05) is 32.0 Å². The van der Waals surface area contributed by atoms with Gasteiger partial charge in [0.05, 0.1) is 6.42 Å². The standard InChI is InChI=1S/C29H38N4O6/c1-17-8-6-9-18(2)24(17)32-26(36)25(19-12-14-21(34)15-13-19)33(20-10-7-11-20)27(37)22(16-23(30)35)31-28(38)39-29(3,4)5/h6,8-9,12-15,20,22,25,34H,7,10-11,16H2,1-5H3,(H2,30,35)(H,31,38)(H,32,36). The number of nitrogens with zero attached hydrogens (tertiary/aromatic N) is 1. The highest BCUT2D eigenvalue weighted by molar-refractivity contribution is 6.00. The molecular formula is C29H38N4O6. The number of primary amides is 1. The summed E-state index contributed by atoms with van der Waals surface area (Å²) >= 11 is 0. The second kappa shape index (κ2) is 12.2. The molecule has 0 heterocycles. The van der Waals surface area contributed by atoms with Crippen molar-refractivity contribution in [3.8, 4) is 5.75 Å². The fourth-order valence-electron chi connectivity index (χ4n) is 4.51. The van der Waals surface area contributed by atoms with E-state index in [0.717, 1.165) is 17.5 Å². The third kappa shape index (κ3) is 7.72. The van der Waals surface area contributed by atoms with Crippen LogP contribution >= 0.6 is 0 Å². The fraction of sp³-hybridized carbons (Fsp3) is 0.448. The molecule has 2 unspecified atom stereocenters. The van der Waals surface area contributed by atoms with Crippen molar-refractivity contribution in [2.75, 3.05) is 5.32 Å². The Bertz CT molecular complexity index is 1200. The van der Waals surface area contributed by atoms with E-state index < -0.39 is 47.9 Å². The molecule has 0 radical (unpaired) electrons. The number of hydrogen-bond donors (Lipinski definition) is 4. The van der Waals surface area contributed by atoms with Gasteiger partial charge in [0.25, 0.3) is 5.91 Å². The highest BCUT2D eigenvalue weighted by Crippen LogP contribution is 2.35. The number of ether oxygens (including phenoxy) is 1. The molecule has 3 rings (SSSR count). The van der Waals surface area contributed by atoms with Gasteiger partial charge in [0, 0.05) is 11.7 Å². The van der Waals surface area contributed by atoms with Gasteiger partial charge in [0.1, 0.15) is 23.4 Å². The quantitative estimate of drug-likeness (QED) is 0.381. The number of carbonyl (C=O) groups excluding carboxylic acids is 4. The molecule has 4 amide bonds. The molecule has 0 spiro atoms. The van der Waals surface area contributed by atoms with Crippen molar-refractivity contribution in [1.29, 1.82) is 0 Å². The highest BCUT2D eigenvalue weighted by Gasteiger charge is 2.42. The van der Waals surface area contributed by atoms with Crippen LogP contribution in [-0.2, 0) is 19.1 Å². The molecule has 39 heavy (non-hydrogen) atoms. The number of rotatable bonds is 9. The van der Waals surface area contributed by atoms with Crippen LogP contribution in [0.15, 0.2) is 42.5 Å². The molecule has 1 saturated carbocycles. The molecule has 0 aliphatic heterocycles. The summed E-state index contributed by atoms with van der Waals surface area (Å²) in [6.45, 7) is 8.78. The van der Waals surface area contributed by atoms with E-state index in [2.05, 4.69) is 10.6 Å². The average Bonchev–Trinajstić information content (AvgIpc) is 2.78. The first-order valence-corrected chi connectivity index (χ1v) is 13.0. The molecular weight excluding hydrogens is 500 g/mol. The fourth-order valence-corrected chi connectivity index (χ4v) is 4.51. The summed E-state index contributed by atoms with van der Waals surface area (Å²) in [6.07, 6.45) is 0.799. The lowest BCUT2D eigenvalue weighted by molar-refractivity contribution is -0.146. The summed E-state index contributed by atoms with van der Waals surface area (Å²) in [5, 5.41) is 15.4. The number of anilines is 1. The average molecular weight is 539 g/mol. The lowest BCUT2D eigenvalue weighted by atomic mass is 9.87. The van der Waals surface area contributed by atoms with Crippen LogP contribution in [-0.4, -0.2) is 51.5 Å². The topological polar surface area (TPSA) is 151 Å². The lowest BCUT2D eigenvalue weighted by Gasteiger charge is -2.43. The van der Waals surface area contributed by atoms with E-state index in [-0.39, 0.29) is 11.8 Å². The van der Waals surface area contributed by atoms with Gasteiger partial charge in [0.15, 0.2) is 0 Å². The van der Waals surface area contributed by atoms with Gasteiger partial charge in [-0.25, -0.2) is 4.79 Å². The number of carbonyl (C=O) groups is 4. The number of nitrogens with two attached hydrogens (primary N) is 1. The van der Waals surface area contributed by atoms with E-state index in [0.29, 0.717) is 24.1 Å². The number of nitrogens with one attached hydrogen (secondary N) is 2. The maximum absolute atomic E-state index is 14.1. The minimum atomic E-state index is -1.34. The van der Waals surface area contributed by atoms with Gasteiger partial charge in [-0.15, -0.1) is 0 Å². The third-order valence-electron chi connectivity index (χ3n) is 6.58. The van der Waals surface area contributed by atoms with Crippen molar-refractivity contribution in [3.63, 3.8) is 0 Å². The zero-order valence-corrected chi connectivity index (χ0v) is 23.1. The van der Waals surface area contributed by atoms with E-state index >= 15 is 0 Å². The number of amides is 4. The Balaban J connectivity index is 2.05. The number of aromatic hydroxyl groups is 1. The minimum Gasteiger partial charge on any atom is -0.508 e. The Morgan fingerprint density at radius 3 is 2.13 bits per heavy atom. The van der Waals surface area contributed by atoms with Crippen LogP contribution in [0, 0.1) is 13.8 Å². The smallest absolute Gasteiger partial charge is 0.408 e. The number of aryl methyl sites for hydroxylation is 2. The largest absolute Gasteiger partial charge is 0.508 e. The second-order valence-corrected chi connectivity index (χ2v) is 10.9. The Morgan fingerprint density at radius 2 is 1.64 bits per heavy atom. The van der Waals surface area contributed by atoms with Crippen LogP contribution in [0.5, 0.6) is 5.75 Å². The molecule has 10 heteroatoms. The monoisotopic (exact) mass is 538 g/mol. The molecule has 2 aromatic carbocycles. The lowest BCUT2D eigenvalue weighted by Crippen LogP contribution is -2.57. The molecule has 5 N–H and O–H groups in total. The van der Waals surface area contributed by atoms with Crippen LogP contribution in [0.2, 0.25) is 0 Å². The molecule has 1 aliphatic carbocycles. The van der Waals surface area contributed by atoms with E-state index in [9.17, 15) is 24.3 Å². The number of phenols is 1. The molecule has 10 nitrogen and oxygen atoms in total. The summed E-state index contributed by atoms with van der Waals surface area (Å²) in [4.78, 5) is 54.0. The van der Waals surface area contributed by atoms with Crippen LogP contribution in [0.1, 0.15) is 69.2 Å². The molecule has 0 saturated heterocycles. The second-order valence-electron chi connectivity index (χ2n) is 10.9. The summed E-state index contributed by atoms with van der Waals surface area (Å²) < 4.78 is 5.31. The Morgan fingerprint density at radius 1 is 1.05 bits per heavy atom. The van der Waals surface area contributed by atoms with Crippen molar-refractivity contribution < 1.29 is 29.0 Å². The van der Waals surface area contributed by atoms with Crippen LogP contribution in [0.4, 0.5) is 10.5 Å². The van der Waals surface area contributed by atoms with Gasteiger partial charge < -0.3 is 31.1 Å². The Labute approximate surface area is 228 Å². The predicted octanol–water partition coefficient (Wildman–Crippen LogP) is 3.84. The zero-order valence-electron chi connectivity index (χ0n) is 23.1. The third-order valence-corrected chi connectivity index (χ3v) is 6.58. The summed E-state index contributed by atoms with van der Waals surface area (Å²) in [6, 6.07) is 8.91. The Hall–Kier alpha value is -4.08. The van der Waals surface area contributed by atoms with Crippen molar-refractivity contribution >= 4 is 29.5 Å². The van der Waals surface area contributed by atoms with Gasteiger partial charge in [-0.3, -0.25) is 14.4 Å². The number of benzene rings is 2. The predicted molar refractivity (Wildman–Crippen MR) is 147 cm³/mol. The van der Waals surface area contributed by atoms with Gasteiger partial charge >= 0.3 is 6.09 Å². The van der Waals surface area contributed by atoms with Gasteiger partial charge in [0.2, 0.25) is 11.8 Å². The zero-order chi connectivity index (χ0) is 28.9.